The molecule has 220 valence electrons. The second-order valence-corrected chi connectivity index (χ2v) is 12.2. The van der Waals surface area contributed by atoms with Crippen LogP contribution in [0.15, 0.2) is 145 Å². The minimum Gasteiger partial charge on any atom is -0.313 e. The van der Waals surface area contributed by atoms with Gasteiger partial charge in [0, 0.05) is 39.2 Å². The number of aryl methyl sites for hydroxylation is 1. The fourth-order valence-electron chi connectivity index (χ4n) is 7.36. The summed E-state index contributed by atoms with van der Waals surface area (Å²) < 4.78 is 2.21. The lowest BCUT2D eigenvalue weighted by Gasteiger charge is -2.28. The highest BCUT2D eigenvalue weighted by molar-refractivity contribution is 6.16. The van der Waals surface area contributed by atoms with E-state index in [-0.39, 0.29) is 0 Å². The topological polar surface area (TPSA) is 46.8 Å². The van der Waals surface area contributed by atoms with Crippen LogP contribution in [0.25, 0.3) is 50.5 Å². The van der Waals surface area contributed by atoms with Crippen LogP contribution in [0, 0.1) is 12.8 Å². The van der Waals surface area contributed by atoms with E-state index in [1.54, 1.807) is 0 Å². The highest BCUT2D eigenvalue weighted by Crippen LogP contribution is 2.54. The number of benzene rings is 5. The molecule has 0 fully saturated rings. The summed E-state index contributed by atoms with van der Waals surface area (Å²) in [6, 6.07) is 42.5. The minimum atomic E-state index is 0.318. The molecule has 2 aromatic heterocycles. The molecule has 1 aliphatic carbocycles. The van der Waals surface area contributed by atoms with Crippen LogP contribution in [0.3, 0.4) is 0 Å². The number of hydrogen-bond donors (Lipinski definition) is 0. The SMILES string of the molecule is Cc1ccccc1-c1nc(-c2ccccc2)nc(-n2c3ccccc3c3c(N4C5=CC=CC(C)[C@@H]5c5ccccc54)cccc32)n1. The van der Waals surface area contributed by atoms with E-state index in [1.165, 1.54) is 22.3 Å². The molecule has 0 saturated carbocycles. The van der Waals surface area contributed by atoms with E-state index >= 15 is 0 Å². The van der Waals surface area contributed by atoms with Gasteiger partial charge in [-0.3, -0.25) is 4.57 Å². The van der Waals surface area contributed by atoms with E-state index in [0.29, 0.717) is 29.4 Å². The maximum absolute atomic E-state index is 5.18. The highest BCUT2D eigenvalue weighted by Gasteiger charge is 2.38. The fourth-order valence-corrected chi connectivity index (χ4v) is 7.36. The van der Waals surface area contributed by atoms with Gasteiger partial charge in [-0.1, -0.05) is 116 Å². The van der Waals surface area contributed by atoms with Gasteiger partial charge in [0.2, 0.25) is 5.95 Å². The van der Waals surface area contributed by atoms with Crippen molar-refractivity contribution < 1.29 is 0 Å². The average Bonchev–Trinajstić information content (AvgIpc) is 3.63. The van der Waals surface area contributed by atoms with Crippen LogP contribution in [-0.4, -0.2) is 19.5 Å². The summed E-state index contributed by atoms with van der Waals surface area (Å²) in [5.41, 5.74) is 10.3. The molecule has 5 nitrogen and oxygen atoms in total. The number of para-hydroxylation sites is 2. The molecular weight excluding hydrogens is 562 g/mol. The van der Waals surface area contributed by atoms with Crippen molar-refractivity contribution in [2.75, 3.05) is 4.90 Å². The molecule has 0 amide bonds. The van der Waals surface area contributed by atoms with Crippen LogP contribution in [0.1, 0.15) is 24.0 Å². The average molecular weight is 594 g/mol. The first-order chi connectivity index (χ1) is 22.7. The summed E-state index contributed by atoms with van der Waals surface area (Å²) in [6.07, 6.45) is 6.81. The Morgan fingerprint density at radius 1 is 0.630 bits per heavy atom. The smallest absolute Gasteiger partial charge is 0.238 e. The molecule has 46 heavy (non-hydrogen) atoms. The number of hydrogen-bond acceptors (Lipinski definition) is 4. The number of nitrogens with zero attached hydrogens (tertiary/aromatic N) is 5. The molecule has 7 aromatic rings. The molecule has 2 aliphatic rings. The van der Waals surface area contributed by atoms with Gasteiger partial charge < -0.3 is 4.90 Å². The van der Waals surface area contributed by atoms with Crippen LogP contribution >= 0.6 is 0 Å². The molecule has 0 radical (unpaired) electrons. The largest absolute Gasteiger partial charge is 0.313 e. The Morgan fingerprint density at radius 3 is 2.24 bits per heavy atom. The van der Waals surface area contributed by atoms with Crippen molar-refractivity contribution in [2.24, 2.45) is 5.92 Å². The summed E-state index contributed by atoms with van der Waals surface area (Å²) in [5, 5.41) is 2.34. The first-order valence-electron chi connectivity index (χ1n) is 15.8. The third-order valence-electron chi connectivity index (χ3n) is 9.46. The monoisotopic (exact) mass is 593 g/mol. The number of allylic oxidation sites excluding steroid dienone is 4. The third kappa shape index (κ3) is 3.98. The van der Waals surface area contributed by atoms with Crippen LogP contribution in [-0.2, 0) is 0 Å². The van der Waals surface area contributed by atoms with Crippen LogP contribution < -0.4 is 4.90 Å². The Labute approximate surface area is 267 Å². The van der Waals surface area contributed by atoms with Gasteiger partial charge in [0.1, 0.15) is 0 Å². The van der Waals surface area contributed by atoms with Crippen LogP contribution in [0.4, 0.5) is 11.4 Å². The molecule has 5 heteroatoms. The molecule has 0 spiro atoms. The molecule has 9 rings (SSSR count). The number of rotatable bonds is 4. The van der Waals surface area contributed by atoms with Gasteiger partial charge in [0.15, 0.2) is 11.6 Å². The van der Waals surface area contributed by atoms with Gasteiger partial charge in [0.05, 0.1) is 16.7 Å². The van der Waals surface area contributed by atoms with Crippen LogP contribution in [0.2, 0.25) is 0 Å². The Balaban J connectivity index is 1.34. The molecule has 1 unspecified atom stereocenters. The third-order valence-corrected chi connectivity index (χ3v) is 9.46. The van der Waals surface area contributed by atoms with Crippen molar-refractivity contribution in [3.05, 3.63) is 156 Å². The summed E-state index contributed by atoms with van der Waals surface area (Å²) in [6.45, 7) is 4.42. The Hall–Kier alpha value is -5.81. The molecule has 0 N–H and O–H groups in total. The summed E-state index contributed by atoms with van der Waals surface area (Å²) in [4.78, 5) is 17.8. The van der Waals surface area contributed by atoms with Crippen molar-refractivity contribution in [3.8, 4) is 28.7 Å². The quantitative estimate of drug-likeness (QED) is 0.204. The molecule has 0 bridgehead atoms. The normalized spacial score (nSPS) is 16.9. The lowest BCUT2D eigenvalue weighted by atomic mass is 9.84. The van der Waals surface area contributed by atoms with E-state index in [4.69, 9.17) is 15.0 Å². The van der Waals surface area contributed by atoms with Gasteiger partial charge in [-0.25, -0.2) is 4.98 Å². The minimum absolute atomic E-state index is 0.318. The van der Waals surface area contributed by atoms with E-state index in [1.807, 2.05) is 30.3 Å². The predicted molar refractivity (Wildman–Crippen MR) is 187 cm³/mol. The zero-order valence-corrected chi connectivity index (χ0v) is 25.7. The van der Waals surface area contributed by atoms with E-state index < -0.39 is 0 Å². The number of fused-ring (bicyclic) bond motifs is 6. The molecule has 5 aromatic carbocycles. The van der Waals surface area contributed by atoms with E-state index in [2.05, 4.69) is 133 Å². The number of aromatic nitrogens is 4. The van der Waals surface area contributed by atoms with Crippen molar-refractivity contribution in [2.45, 2.75) is 19.8 Å². The number of anilines is 2. The first kappa shape index (κ1) is 26.6. The van der Waals surface area contributed by atoms with Crippen molar-refractivity contribution in [1.29, 1.82) is 0 Å². The van der Waals surface area contributed by atoms with Crippen molar-refractivity contribution >= 4 is 33.2 Å². The summed E-state index contributed by atoms with van der Waals surface area (Å²) in [7, 11) is 0. The molecule has 0 saturated heterocycles. The zero-order chi connectivity index (χ0) is 30.8. The predicted octanol–water partition coefficient (Wildman–Crippen LogP) is 9.94. The van der Waals surface area contributed by atoms with Gasteiger partial charge >= 0.3 is 0 Å². The highest BCUT2D eigenvalue weighted by atomic mass is 15.2. The van der Waals surface area contributed by atoms with E-state index in [9.17, 15) is 0 Å². The van der Waals surface area contributed by atoms with Gasteiger partial charge in [-0.05, 0) is 54.3 Å². The fraction of sp³-hybridized carbons (Fsp3) is 0.0976. The first-order valence-corrected chi connectivity index (χ1v) is 15.8. The van der Waals surface area contributed by atoms with Crippen molar-refractivity contribution in [3.63, 3.8) is 0 Å². The maximum atomic E-state index is 5.18. The lowest BCUT2D eigenvalue weighted by molar-refractivity contribution is 0.619. The molecule has 1 aliphatic heterocycles. The van der Waals surface area contributed by atoms with Gasteiger partial charge in [0.25, 0.3) is 0 Å². The Bertz CT molecular complexity index is 2360. The molecular formula is C41H31N5. The second-order valence-electron chi connectivity index (χ2n) is 12.2. The van der Waals surface area contributed by atoms with Gasteiger partial charge in [-0.15, -0.1) is 0 Å². The summed E-state index contributed by atoms with van der Waals surface area (Å²) in [5.74, 6) is 2.64. The molecule has 3 heterocycles. The summed E-state index contributed by atoms with van der Waals surface area (Å²) >= 11 is 0. The van der Waals surface area contributed by atoms with Crippen LogP contribution in [0.5, 0.6) is 0 Å². The molecule has 2 atom stereocenters. The zero-order valence-electron chi connectivity index (χ0n) is 25.7. The maximum Gasteiger partial charge on any atom is 0.238 e. The standard InChI is InChI=1S/C41H31N5/c1-26-14-6-7-18-29(26)40-42-39(28-16-4-3-5-17-28)43-41(44-40)46-33-22-11-9-20-31(33)38-35(24-13-25-36(38)46)45-32-21-10-8-19-30(32)37-27(2)15-12-23-34(37)45/h3-25,27,37H,1-2H3/t27?,37-/m1/s1. The second kappa shape index (κ2) is 10.4. The Kier molecular flexibility index (Phi) is 6.00. The van der Waals surface area contributed by atoms with Crippen molar-refractivity contribution in [1.82, 2.24) is 19.5 Å². The lowest BCUT2D eigenvalue weighted by Crippen LogP contribution is -2.18. The van der Waals surface area contributed by atoms with Gasteiger partial charge in [-0.2, -0.15) is 9.97 Å². The Morgan fingerprint density at radius 2 is 1.35 bits per heavy atom. The van der Waals surface area contributed by atoms with E-state index in [0.717, 1.165) is 38.8 Å².